The molecule has 1 heterocycles. The summed E-state index contributed by atoms with van der Waals surface area (Å²) in [6, 6.07) is 0.167. The van der Waals surface area contributed by atoms with Crippen LogP contribution in [0.3, 0.4) is 0 Å². The number of nitrogens with one attached hydrogen (secondary N) is 1. The first-order valence-electron chi connectivity index (χ1n) is 14.3. The van der Waals surface area contributed by atoms with Gasteiger partial charge in [-0.3, -0.25) is 0 Å². The first kappa shape index (κ1) is 25.0. The fraction of sp³-hybridized carbons (Fsp3) is 0.871. The van der Waals surface area contributed by atoms with Gasteiger partial charge in [0.2, 0.25) is 0 Å². The van der Waals surface area contributed by atoms with E-state index in [2.05, 4.69) is 59.9 Å². The van der Waals surface area contributed by atoms with Crippen molar-refractivity contribution in [2.75, 3.05) is 6.54 Å². The zero-order valence-corrected chi connectivity index (χ0v) is 23.0. The highest BCUT2D eigenvalue weighted by atomic mass is 16.3. The predicted molar refractivity (Wildman–Crippen MR) is 140 cm³/mol. The molecule has 0 aromatic rings. The molecule has 5 rings (SSSR count). The highest BCUT2D eigenvalue weighted by Crippen LogP contribution is 2.68. The second-order valence-corrected chi connectivity index (χ2v) is 14.6. The van der Waals surface area contributed by atoms with Gasteiger partial charge in [-0.05, 0) is 118 Å². The van der Waals surface area contributed by atoms with E-state index in [1.165, 1.54) is 32.1 Å². The average Bonchev–Trinajstić information content (AvgIpc) is 2.98. The van der Waals surface area contributed by atoms with E-state index in [1.54, 1.807) is 16.7 Å². The molecule has 2 saturated carbocycles. The number of piperidine rings is 1. The van der Waals surface area contributed by atoms with Gasteiger partial charge in [0, 0.05) is 6.04 Å². The lowest BCUT2D eigenvalue weighted by Gasteiger charge is -2.54. The largest absolute Gasteiger partial charge is 0.393 e. The Labute approximate surface area is 208 Å². The zero-order valence-electron chi connectivity index (χ0n) is 23.0. The number of hydrogen-bond acceptors (Lipinski definition) is 3. The maximum Gasteiger partial charge on any atom is 0.0777 e. The van der Waals surface area contributed by atoms with Crippen molar-refractivity contribution in [2.24, 2.45) is 39.9 Å². The van der Waals surface area contributed by atoms with Gasteiger partial charge in [-0.25, -0.2) is 0 Å². The van der Waals surface area contributed by atoms with E-state index >= 15 is 0 Å². The summed E-state index contributed by atoms with van der Waals surface area (Å²) in [7, 11) is 0. The third-order valence-corrected chi connectivity index (χ3v) is 12.1. The van der Waals surface area contributed by atoms with E-state index in [0.717, 1.165) is 32.2 Å². The van der Waals surface area contributed by atoms with Crippen molar-refractivity contribution in [1.29, 1.82) is 0 Å². The van der Waals surface area contributed by atoms with E-state index in [1.807, 2.05) is 0 Å². The fourth-order valence-corrected chi connectivity index (χ4v) is 9.96. The van der Waals surface area contributed by atoms with Gasteiger partial charge < -0.3 is 15.5 Å². The van der Waals surface area contributed by atoms with Gasteiger partial charge >= 0.3 is 0 Å². The molecule has 10 atom stereocenters. The molecule has 3 N–H and O–H groups in total. The minimum absolute atomic E-state index is 0.132. The minimum atomic E-state index is -0.634. The van der Waals surface area contributed by atoms with Gasteiger partial charge in [-0.1, -0.05) is 57.4 Å². The number of fused-ring (bicyclic) bond motifs is 5. The smallest absolute Gasteiger partial charge is 0.0777 e. The van der Waals surface area contributed by atoms with E-state index < -0.39 is 5.60 Å². The molecule has 0 aromatic carbocycles. The number of allylic oxidation sites excluding steroid dienone is 3. The number of aliphatic hydroxyl groups is 2. The van der Waals surface area contributed by atoms with Crippen LogP contribution in [0.15, 0.2) is 22.8 Å². The van der Waals surface area contributed by atoms with Crippen molar-refractivity contribution in [3.63, 3.8) is 0 Å². The monoisotopic (exact) mass is 469 g/mol. The second kappa shape index (κ2) is 8.18. The topological polar surface area (TPSA) is 52.5 Å². The minimum Gasteiger partial charge on any atom is -0.393 e. The van der Waals surface area contributed by atoms with Crippen molar-refractivity contribution < 1.29 is 10.2 Å². The van der Waals surface area contributed by atoms with E-state index in [0.29, 0.717) is 29.1 Å². The third kappa shape index (κ3) is 3.70. The Morgan fingerprint density at radius 3 is 2.53 bits per heavy atom. The number of rotatable bonds is 2. The van der Waals surface area contributed by atoms with Crippen molar-refractivity contribution in [2.45, 2.75) is 124 Å². The van der Waals surface area contributed by atoms with Crippen LogP contribution in [0.4, 0.5) is 0 Å². The summed E-state index contributed by atoms with van der Waals surface area (Å²) in [6.45, 7) is 17.8. The molecule has 1 saturated heterocycles. The molecule has 0 spiro atoms. The molecule has 3 fully saturated rings. The summed E-state index contributed by atoms with van der Waals surface area (Å²) in [5, 5.41) is 25.5. The molecule has 34 heavy (non-hydrogen) atoms. The molecule has 1 aliphatic heterocycles. The van der Waals surface area contributed by atoms with E-state index in [4.69, 9.17) is 0 Å². The van der Waals surface area contributed by atoms with Crippen LogP contribution >= 0.6 is 0 Å². The van der Waals surface area contributed by atoms with Crippen LogP contribution in [0.25, 0.3) is 0 Å². The van der Waals surface area contributed by atoms with Gasteiger partial charge in [-0.15, -0.1) is 0 Å². The van der Waals surface area contributed by atoms with Gasteiger partial charge in [0.05, 0.1) is 11.7 Å². The van der Waals surface area contributed by atoms with Crippen LogP contribution in [0.5, 0.6) is 0 Å². The molecule has 0 aromatic heterocycles. The molecular formula is C31H51NO2. The van der Waals surface area contributed by atoms with Gasteiger partial charge in [-0.2, -0.15) is 0 Å². The molecule has 0 amide bonds. The van der Waals surface area contributed by atoms with Gasteiger partial charge in [0.25, 0.3) is 0 Å². The van der Waals surface area contributed by atoms with Crippen LogP contribution in [-0.4, -0.2) is 34.5 Å². The summed E-state index contributed by atoms with van der Waals surface area (Å²) in [5.41, 5.74) is 5.18. The normalized spacial score (nSPS) is 52.3. The predicted octanol–water partition coefficient (Wildman–Crippen LogP) is 6.40. The SMILES string of the molecule is CC1=C2C[C@H]3[C@@](C)(CC=C4C[C@@H](O)CC[C@@]43C)[C@@H]2CC[C@@](C)([C@H](C)[C@@H]2NC[C@@H](C)C[C@@]2(C)O)C1. The first-order valence-corrected chi connectivity index (χ1v) is 14.3. The average molecular weight is 470 g/mol. The Hall–Kier alpha value is -0.640. The highest BCUT2D eigenvalue weighted by molar-refractivity contribution is 5.36. The molecule has 192 valence electrons. The Kier molecular flexibility index (Phi) is 6.02. The van der Waals surface area contributed by atoms with Gasteiger partial charge in [0.1, 0.15) is 0 Å². The van der Waals surface area contributed by atoms with Crippen LogP contribution in [-0.2, 0) is 0 Å². The standard InChI is InChI=1S/C31H51NO2/c1-19-16-31(7,34)27(32-18-19)21(3)28(4)11-10-25-24(20(2)17-28)15-26-29(5)13-9-23(33)14-22(29)8-12-30(25,26)6/h8,19,21,23,25-27,32-34H,9-18H2,1-7H3/t19-,21+,23-,25+,26+,27-,28+,29-,30-,31+/m0/s1. The Balaban J connectivity index is 1.43. The maximum atomic E-state index is 11.4. The van der Waals surface area contributed by atoms with Crippen molar-refractivity contribution in [3.8, 4) is 0 Å². The van der Waals surface area contributed by atoms with Crippen LogP contribution in [0, 0.1) is 39.9 Å². The second-order valence-electron chi connectivity index (χ2n) is 14.6. The fourth-order valence-electron chi connectivity index (χ4n) is 9.96. The molecule has 0 unspecified atom stereocenters. The molecular weight excluding hydrogens is 418 g/mol. The molecule has 5 aliphatic rings. The number of hydrogen-bond donors (Lipinski definition) is 3. The quantitative estimate of drug-likeness (QED) is 0.410. The maximum absolute atomic E-state index is 11.4. The highest BCUT2D eigenvalue weighted by Gasteiger charge is 2.60. The summed E-state index contributed by atoms with van der Waals surface area (Å²) in [5.74, 6) is 2.37. The summed E-state index contributed by atoms with van der Waals surface area (Å²) in [6.07, 6.45) is 12.5. The van der Waals surface area contributed by atoms with Crippen LogP contribution in [0.2, 0.25) is 0 Å². The number of aliphatic hydroxyl groups excluding tert-OH is 1. The van der Waals surface area contributed by atoms with Crippen LogP contribution in [0.1, 0.15) is 106 Å². The molecule has 4 aliphatic carbocycles. The summed E-state index contributed by atoms with van der Waals surface area (Å²) in [4.78, 5) is 0. The molecule has 0 radical (unpaired) electrons. The van der Waals surface area contributed by atoms with Crippen molar-refractivity contribution >= 4 is 0 Å². The first-order chi connectivity index (χ1) is 15.8. The Morgan fingerprint density at radius 1 is 1.09 bits per heavy atom. The third-order valence-electron chi connectivity index (χ3n) is 12.1. The summed E-state index contributed by atoms with van der Waals surface area (Å²) >= 11 is 0. The van der Waals surface area contributed by atoms with Gasteiger partial charge in [0.15, 0.2) is 0 Å². The Bertz CT molecular complexity index is 888. The molecule has 0 bridgehead atoms. The molecule has 3 nitrogen and oxygen atoms in total. The summed E-state index contributed by atoms with van der Waals surface area (Å²) < 4.78 is 0. The van der Waals surface area contributed by atoms with E-state index in [9.17, 15) is 10.2 Å². The van der Waals surface area contributed by atoms with E-state index in [-0.39, 0.29) is 23.0 Å². The van der Waals surface area contributed by atoms with Crippen molar-refractivity contribution in [3.05, 3.63) is 22.8 Å². The van der Waals surface area contributed by atoms with Crippen LogP contribution < -0.4 is 5.32 Å². The lowest BCUT2D eigenvalue weighted by atomic mass is 9.51. The molecule has 3 heteroatoms. The van der Waals surface area contributed by atoms with Crippen molar-refractivity contribution in [1.82, 2.24) is 5.32 Å². The Morgan fingerprint density at radius 2 is 1.82 bits per heavy atom. The lowest BCUT2D eigenvalue weighted by molar-refractivity contribution is -0.0638. The zero-order chi connectivity index (χ0) is 24.7. The lowest BCUT2D eigenvalue weighted by Crippen LogP contribution is -2.61.